The number of rotatable bonds is 1. The van der Waals surface area contributed by atoms with E-state index >= 15 is 0 Å². The van der Waals surface area contributed by atoms with Crippen molar-refractivity contribution < 1.29 is 4.79 Å². The van der Waals surface area contributed by atoms with Crippen LogP contribution in [0.1, 0.15) is 18.1 Å². The van der Waals surface area contributed by atoms with E-state index in [4.69, 9.17) is 0 Å². The molecule has 0 aliphatic carbocycles. The monoisotopic (exact) mass is 259 g/mol. The van der Waals surface area contributed by atoms with Crippen molar-refractivity contribution in [2.75, 3.05) is 36.0 Å². The fourth-order valence-electron chi connectivity index (χ4n) is 3.09. The van der Waals surface area contributed by atoms with Crippen LogP contribution in [0.4, 0.5) is 11.4 Å². The largest absolute Gasteiger partial charge is 0.368 e. The van der Waals surface area contributed by atoms with Gasteiger partial charge in [-0.2, -0.15) is 0 Å². The maximum Gasteiger partial charge on any atom is 0.241 e. The summed E-state index contributed by atoms with van der Waals surface area (Å²) in [7, 11) is 0. The Morgan fingerprint density at radius 1 is 1.26 bits per heavy atom. The zero-order valence-electron chi connectivity index (χ0n) is 11.9. The van der Waals surface area contributed by atoms with Crippen LogP contribution in [-0.2, 0) is 4.79 Å². The fourth-order valence-corrected chi connectivity index (χ4v) is 3.09. The maximum atomic E-state index is 12.2. The summed E-state index contributed by atoms with van der Waals surface area (Å²) in [4.78, 5) is 16.6. The van der Waals surface area contributed by atoms with E-state index in [1.807, 2.05) is 4.90 Å². The molecule has 0 saturated carbocycles. The highest BCUT2D eigenvalue weighted by Gasteiger charge is 2.36. The summed E-state index contributed by atoms with van der Waals surface area (Å²) < 4.78 is 0. The van der Waals surface area contributed by atoms with E-state index in [0.717, 1.165) is 25.3 Å². The molecule has 1 atom stereocenters. The number of carbonyl (C=O) groups excluding carboxylic acids is 1. The van der Waals surface area contributed by atoms with Gasteiger partial charge in [0.15, 0.2) is 0 Å². The normalized spacial score (nSPS) is 22.3. The van der Waals surface area contributed by atoms with Gasteiger partial charge in [-0.15, -0.1) is 0 Å². The molecule has 0 bridgehead atoms. The van der Waals surface area contributed by atoms with Gasteiger partial charge in [-0.3, -0.25) is 4.79 Å². The van der Waals surface area contributed by atoms with Crippen molar-refractivity contribution in [3.8, 4) is 0 Å². The number of nitrogens with zero attached hydrogens (tertiary/aromatic N) is 2. The number of likely N-dealkylation sites (N-methyl/N-ethyl adjacent to an activating group) is 1. The predicted molar refractivity (Wildman–Crippen MR) is 77.9 cm³/mol. The molecule has 2 heterocycles. The van der Waals surface area contributed by atoms with Crippen molar-refractivity contribution in [1.82, 2.24) is 5.32 Å². The highest BCUT2D eigenvalue weighted by molar-refractivity contribution is 6.00. The van der Waals surface area contributed by atoms with Gasteiger partial charge in [-0.05, 0) is 44.0 Å². The molecule has 4 nitrogen and oxygen atoms in total. The zero-order chi connectivity index (χ0) is 13.6. The van der Waals surface area contributed by atoms with Gasteiger partial charge in [0.2, 0.25) is 5.91 Å². The molecule has 1 N–H and O–H groups in total. The molecule has 0 spiro atoms. The number of piperazine rings is 1. The molecule has 0 aromatic heterocycles. The third-order valence-corrected chi connectivity index (χ3v) is 4.29. The summed E-state index contributed by atoms with van der Waals surface area (Å²) in [6.45, 7) is 9.66. The molecule has 1 saturated heterocycles. The highest BCUT2D eigenvalue weighted by atomic mass is 16.2. The number of fused-ring (bicyclic) bond motifs is 3. The van der Waals surface area contributed by atoms with Crippen LogP contribution in [-0.4, -0.2) is 38.1 Å². The van der Waals surface area contributed by atoms with E-state index in [0.29, 0.717) is 6.54 Å². The topological polar surface area (TPSA) is 35.6 Å². The minimum absolute atomic E-state index is 0.191. The standard InChI is InChI=1S/C15H21N3O/c1-4-17-9-12-7-16-8-15(19)18(12)14-6-11(3)10(2)5-13(14)17/h5-6,12,16H,4,7-9H2,1-3H3. The minimum Gasteiger partial charge on any atom is -0.368 e. The molecule has 19 heavy (non-hydrogen) atoms. The predicted octanol–water partition coefficient (Wildman–Crippen LogP) is 1.45. The summed E-state index contributed by atoms with van der Waals surface area (Å²) in [6, 6.07) is 4.65. The molecule has 1 amide bonds. The van der Waals surface area contributed by atoms with Gasteiger partial charge in [0.25, 0.3) is 0 Å². The number of carbonyl (C=O) groups is 1. The molecule has 2 aliphatic heterocycles. The van der Waals surface area contributed by atoms with Gasteiger partial charge in [-0.25, -0.2) is 0 Å². The van der Waals surface area contributed by atoms with Gasteiger partial charge in [-0.1, -0.05) is 0 Å². The lowest BCUT2D eigenvalue weighted by Gasteiger charge is -2.45. The Hall–Kier alpha value is -1.55. The molecule has 1 fully saturated rings. The Kier molecular flexibility index (Phi) is 2.97. The lowest BCUT2D eigenvalue weighted by Crippen LogP contribution is -2.61. The molecule has 1 aromatic rings. The molecule has 102 valence electrons. The quantitative estimate of drug-likeness (QED) is 0.829. The minimum atomic E-state index is 0.191. The van der Waals surface area contributed by atoms with Crippen LogP contribution in [0.3, 0.4) is 0 Å². The lowest BCUT2D eigenvalue weighted by molar-refractivity contribution is -0.119. The van der Waals surface area contributed by atoms with Gasteiger partial charge >= 0.3 is 0 Å². The van der Waals surface area contributed by atoms with Crippen LogP contribution in [0.5, 0.6) is 0 Å². The Morgan fingerprint density at radius 3 is 2.63 bits per heavy atom. The summed E-state index contributed by atoms with van der Waals surface area (Å²) in [5.74, 6) is 0.191. The smallest absolute Gasteiger partial charge is 0.241 e. The average molecular weight is 259 g/mol. The molecule has 3 rings (SSSR count). The molecule has 0 radical (unpaired) electrons. The first kappa shape index (κ1) is 12.5. The van der Waals surface area contributed by atoms with Gasteiger partial charge in [0.05, 0.1) is 24.0 Å². The van der Waals surface area contributed by atoms with Crippen LogP contribution >= 0.6 is 0 Å². The molecule has 1 aromatic carbocycles. The lowest BCUT2D eigenvalue weighted by atomic mass is 10.00. The summed E-state index contributed by atoms with van der Waals surface area (Å²) in [6.07, 6.45) is 0. The molecular formula is C15H21N3O. The molecule has 1 unspecified atom stereocenters. The van der Waals surface area contributed by atoms with Crippen molar-refractivity contribution in [2.24, 2.45) is 0 Å². The van der Waals surface area contributed by atoms with Crippen LogP contribution < -0.4 is 15.1 Å². The third kappa shape index (κ3) is 1.91. The van der Waals surface area contributed by atoms with E-state index in [1.165, 1.54) is 16.8 Å². The molecule has 4 heteroatoms. The summed E-state index contributed by atoms with van der Waals surface area (Å²) >= 11 is 0. The van der Waals surface area contributed by atoms with Crippen molar-refractivity contribution in [1.29, 1.82) is 0 Å². The fraction of sp³-hybridized carbons (Fsp3) is 0.533. The number of nitrogens with one attached hydrogen (secondary N) is 1. The van der Waals surface area contributed by atoms with Crippen molar-refractivity contribution in [3.63, 3.8) is 0 Å². The van der Waals surface area contributed by atoms with Gasteiger partial charge in [0.1, 0.15) is 0 Å². The van der Waals surface area contributed by atoms with Crippen LogP contribution in [0.2, 0.25) is 0 Å². The maximum absolute atomic E-state index is 12.2. The first-order valence-electron chi connectivity index (χ1n) is 7.00. The van der Waals surface area contributed by atoms with Gasteiger partial charge in [0, 0.05) is 19.6 Å². The number of aryl methyl sites for hydroxylation is 2. The second kappa shape index (κ2) is 4.53. The third-order valence-electron chi connectivity index (χ3n) is 4.29. The van der Waals surface area contributed by atoms with E-state index < -0.39 is 0 Å². The summed E-state index contributed by atoms with van der Waals surface area (Å²) in [5.41, 5.74) is 4.84. The Labute approximate surface area is 114 Å². The van der Waals surface area contributed by atoms with Crippen LogP contribution in [0, 0.1) is 13.8 Å². The van der Waals surface area contributed by atoms with Crippen molar-refractivity contribution in [3.05, 3.63) is 23.3 Å². The number of hydrogen-bond acceptors (Lipinski definition) is 3. The van der Waals surface area contributed by atoms with E-state index in [9.17, 15) is 4.79 Å². The Bertz CT molecular complexity index is 526. The first-order chi connectivity index (χ1) is 9.11. The highest BCUT2D eigenvalue weighted by Crippen LogP contribution is 2.38. The van der Waals surface area contributed by atoms with E-state index in [1.54, 1.807) is 0 Å². The zero-order valence-corrected chi connectivity index (χ0v) is 11.9. The average Bonchev–Trinajstić information content (AvgIpc) is 2.39. The molecular weight excluding hydrogens is 238 g/mol. The van der Waals surface area contributed by atoms with E-state index in [-0.39, 0.29) is 11.9 Å². The first-order valence-corrected chi connectivity index (χ1v) is 7.00. The van der Waals surface area contributed by atoms with Crippen LogP contribution in [0.25, 0.3) is 0 Å². The molecule has 2 aliphatic rings. The van der Waals surface area contributed by atoms with Crippen LogP contribution in [0.15, 0.2) is 12.1 Å². The van der Waals surface area contributed by atoms with E-state index in [2.05, 4.69) is 43.1 Å². The SMILES string of the molecule is CCN1CC2CNCC(=O)N2c2cc(C)c(C)cc21. The van der Waals surface area contributed by atoms with Crippen molar-refractivity contribution >= 4 is 17.3 Å². The second-order valence-corrected chi connectivity index (χ2v) is 5.51. The second-order valence-electron chi connectivity index (χ2n) is 5.51. The number of hydrogen-bond donors (Lipinski definition) is 1. The van der Waals surface area contributed by atoms with Gasteiger partial charge < -0.3 is 15.1 Å². The summed E-state index contributed by atoms with van der Waals surface area (Å²) in [5, 5.41) is 3.22. The van der Waals surface area contributed by atoms with Crippen molar-refractivity contribution in [2.45, 2.75) is 26.8 Å². The number of benzene rings is 1. The Morgan fingerprint density at radius 2 is 1.95 bits per heavy atom. The number of amides is 1. The number of anilines is 2. The Balaban J connectivity index is 2.14.